The Balaban J connectivity index is 2.23. The molecule has 2 rings (SSSR count). The highest BCUT2D eigenvalue weighted by atomic mass is 15.3. The van der Waals surface area contributed by atoms with Gasteiger partial charge in [0.25, 0.3) is 0 Å². The maximum atomic E-state index is 4.42. The zero-order valence-electron chi connectivity index (χ0n) is 12.0. The summed E-state index contributed by atoms with van der Waals surface area (Å²) < 4.78 is 1.86. The number of hydrogen-bond donors (Lipinski definition) is 1. The van der Waals surface area contributed by atoms with Gasteiger partial charge in [0, 0.05) is 12.7 Å². The number of nitrogens with one attached hydrogen (secondary N) is 1. The summed E-state index contributed by atoms with van der Waals surface area (Å²) in [5.74, 6) is 2.30. The minimum atomic E-state index is 0.639. The van der Waals surface area contributed by atoms with E-state index >= 15 is 0 Å². The van der Waals surface area contributed by atoms with Crippen LogP contribution in [0.4, 0.5) is 0 Å². The standard InChI is InChI=1S/C14H21N5/c1-10(2)7-16-8-13-5-6-15-9-14(13)19-12(4)17-11(3)18-19/h5-6,9-10,16H,7-8H2,1-4H3. The lowest BCUT2D eigenvalue weighted by Gasteiger charge is -2.12. The zero-order valence-corrected chi connectivity index (χ0v) is 12.0. The predicted octanol–water partition coefficient (Wildman–Crippen LogP) is 2.02. The van der Waals surface area contributed by atoms with Crippen LogP contribution in [0.1, 0.15) is 31.1 Å². The molecular weight excluding hydrogens is 238 g/mol. The van der Waals surface area contributed by atoms with Gasteiger partial charge in [-0.25, -0.2) is 9.67 Å². The fourth-order valence-corrected chi connectivity index (χ4v) is 2.00. The van der Waals surface area contributed by atoms with Crippen molar-refractivity contribution in [2.45, 2.75) is 34.2 Å². The molecule has 2 heterocycles. The third-order valence-corrected chi connectivity index (χ3v) is 2.86. The highest BCUT2D eigenvalue weighted by Crippen LogP contribution is 2.14. The van der Waals surface area contributed by atoms with Gasteiger partial charge >= 0.3 is 0 Å². The molecule has 2 aromatic rings. The zero-order chi connectivity index (χ0) is 13.8. The van der Waals surface area contributed by atoms with Crippen molar-refractivity contribution in [3.8, 4) is 5.69 Å². The highest BCUT2D eigenvalue weighted by Gasteiger charge is 2.09. The van der Waals surface area contributed by atoms with Crippen LogP contribution in [0, 0.1) is 19.8 Å². The van der Waals surface area contributed by atoms with Crippen LogP contribution < -0.4 is 5.32 Å². The molecule has 0 spiro atoms. The van der Waals surface area contributed by atoms with E-state index in [2.05, 4.69) is 34.2 Å². The Morgan fingerprint density at radius 2 is 2.11 bits per heavy atom. The van der Waals surface area contributed by atoms with Gasteiger partial charge in [0.1, 0.15) is 11.6 Å². The summed E-state index contributed by atoms with van der Waals surface area (Å²) in [4.78, 5) is 8.54. The number of nitrogens with zero attached hydrogens (tertiary/aromatic N) is 4. The molecule has 0 aliphatic heterocycles. The van der Waals surface area contributed by atoms with E-state index in [1.165, 1.54) is 5.56 Å². The summed E-state index contributed by atoms with van der Waals surface area (Å²) in [6, 6.07) is 2.03. The van der Waals surface area contributed by atoms with Crippen molar-refractivity contribution in [2.75, 3.05) is 6.54 Å². The van der Waals surface area contributed by atoms with Crippen LogP contribution in [0.3, 0.4) is 0 Å². The summed E-state index contributed by atoms with van der Waals surface area (Å²) >= 11 is 0. The average Bonchev–Trinajstić information content (AvgIpc) is 2.68. The lowest BCUT2D eigenvalue weighted by Crippen LogP contribution is -2.20. The van der Waals surface area contributed by atoms with E-state index in [1.54, 1.807) is 0 Å². The first-order valence-corrected chi connectivity index (χ1v) is 6.62. The minimum absolute atomic E-state index is 0.639. The van der Waals surface area contributed by atoms with Crippen LogP contribution in [-0.2, 0) is 6.54 Å². The molecule has 19 heavy (non-hydrogen) atoms. The normalized spacial score (nSPS) is 11.2. The fourth-order valence-electron chi connectivity index (χ4n) is 2.00. The first-order chi connectivity index (χ1) is 9.08. The molecule has 0 fully saturated rings. The molecule has 0 aromatic carbocycles. The van der Waals surface area contributed by atoms with Gasteiger partial charge in [0.15, 0.2) is 0 Å². The van der Waals surface area contributed by atoms with E-state index < -0.39 is 0 Å². The van der Waals surface area contributed by atoms with E-state index in [0.717, 1.165) is 30.4 Å². The lowest BCUT2D eigenvalue weighted by atomic mass is 10.2. The number of rotatable bonds is 5. The molecule has 102 valence electrons. The van der Waals surface area contributed by atoms with Crippen molar-refractivity contribution in [1.82, 2.24) is 25.1 Å². The predicted molar refractivity (Wildman–Crippen MR) is 75.2 cm³/mol. The van der Waals surface area contributed by atoms with Crippen LogP contribution in [0.5, 0.6) is 0 Å². The van der Waals surface area contributed by atoms with E-state index in [9.17, 15) is 0 Å². The Hall–Kier alpha value is -1.75. The van der Waals surface area contributed by atoms with Gasteiger partial charge in [-0.15, -0.1) is 0 Å². The molecule has 0 radical (unpaired) electrons. The quantitative estimate of drug-likeness (QED) is 0.892. The van der Waals surface area contributed by atoms with E-state index in [1.807, 2.05) is 37.0 Å². The Morgan fingerprint density at radius 1 is 1.32 bits per heavy atom. The molecule has 0 unspecified atom stereocenters. The topological polar surface area (TPSA) is 55.6 Å². The Morgan fingerprint density at radius 3 is 2.74 bits per heavy atom. The van der Waals surface area contributed by atoms with Gasteiger partial charge in [-0.3, -0.25) is 4.98 Å². The highest BCUT2D eigenvalue weighted by molar-refractivity contribution is 5.38. The monoisotopic (exact) mass is 259 g/mol. The van der Waals surface area contributed by atoms with Crippen LogP contribution in [0.25, 0.3) is 5.69 Å². The molecule has 0 saturated heterocycles. The smallest absolute Gasteiger partial charge is 0.148 e. The largest absolute Gasteiger partial charge is 0.312 e. The second-order valence-corrected chi connectivity index (χ2v) is 5.15. The van der Waals surface area contributed by atoms with Gasteiger partial charge in [0.05, 0.1) is 11.9 Å². The maximum absolute atomic E-state index is 4.42. The van der Waals surface area contributed by atoms with Crippen molar-refractivity contribution in [3.05, 3.63) is 35.7 Å². The van der Waals surface area contributed by atoms with Crippen molar-refractivity contribution in [1.29, 1.82) is 0 Å². The summed E-state index contributed by atoms with van der Waals surface area (Å²) in [5.41, 5.74) is 2.18. The molecule has 5 nitrogen and oxygen atoms in total. The van der Waals surface area contributed by atoms with Crippen molar-refractivity contribution < 1.29 is 0 Å². The molecule has 0 bridgehead atoms. The second-order valence-electron chi connectivity index (χ2n) is 5.15. The molecule has 1 N–H and O–H groups in total. The molecule has 0 aliphatic carbocycles. The minimum Gasteiger partial charge on any atom is -0.312 e. The van der Waals surface area contributed by atoms with Gasteiger partial charge < -0.3 is 5.32 Å². The third-order valence-electron chi connectivity index (χ3n) is 2.86. The maximum Gasteiger partial charge on any atom is 0.148 e. The second kappa shape index (κ2) is 5.93. The molecule has 0 atom stereocenters. The lowest BCUT2D eigenvalue weighted by molar-refractivity contribution is 0.551. The Labute approximate surface area is 114 Å². The average molecular weight is 259 g/mol. The number of aryl methyl sites for hydroxylation is 2. The summed E-state index contributed by atoms with van der Waals surface area (Å²) in [5, 5.41) is 7.87. The van der Waals surface area contributed by atoms with Crippen LogP contribution in [-0.4, -0.2) is 26.3 Å². The number of aromatic nitrogens is 4. The summed E-state index contributed by atoms with van der Waals surface area (Å²) in [6.07, 6.45) is 3.66. The number of hydrogen-bond acceptors (Lipinski definition) is 4. The molecule has 5 heteroatoms. The van der Waals surface area contributed by atoms with Crippen molar-refractivity contribution in [3.63, 3.8) is 0 Å². The molecular formula is C14H21N5. The summed E-state index contributed by atoms with van der Waals surface area (Å²) in [6.45, 7) is 10.1. The van der Waals surface area contributed by atoms with E-state index in [4.69, 9.17) is 0 Å². The van der Waals surface area contributed by atoms with Gasteiger partial charge in [-0.1, -0.05) is 13.8 Å². The van der Waals surface area contributed by atoms with E-state index in [-0.39, 0.29) is 0 Å². The molecule has 0 amide bonds. The van der Waals surface area contributed by atoms with Crippen LogP contribution in [0.15, 0.2) is 18.5 Å². The van der Waals surface area contributed by atoms with Gasteiger partial charge in [-0.05, 0) is 37.9 Å². The third kappa shape index (κ3) is 3.38. The first kappa shape index (κ1) is 13.7. The van der Waals surface area contributed by atoms with E-state index in [0.29, 0.717) is 5.92 Å². The van der Waals surface area contributed by atoms with Gasteiger partial charge in [-0.2, -0.15) is 5.10 Å². The van der Waals surface area contributed by atoms with Crippen LogP contribution in [0.2, 0.25) is 0 Å². The SMILES string of the molecule is Cc1nc(C)n(-c2cnccc2CNCC(C)C)n1. The molecule has 0 saturated carbocycles. The first-order valence-electron chi connectivity index (χ1n) is 6.62. The van der Waals surface area contributed by atoms with Gasteiger partial charge in [0.2, 0.25) is 0 Å². The van der Waals surface area contributed by atoms with Crippen molar-refractivity contribution in [2.24, 2.45) is 5.92 Å². The van der Waals surface area contributed by atoms with Crippen molar-refractivity contribution >= 4 is 0 Å². The fraction of sp³-hybridized carbons (Fsp3) is 0.500. The molecule has 0 aliphatic rings. The van der Waals surface area contributed by atoms with Crippen LogP contribution >= 0.6 is 0 Å². The number of pyridine rings is 1. The molecule has 2 aromatic heterocycles. The Bertz CT molecular complexity index is 545. The summed E-state index contributed by atoms with van der Waals surface area (Å²) in [7, 11) is 0. The Kier molecular flexibility index (Phi) is 4.27.